The number of carbonyl (C=O) groups is 3. The summed E-state index contributed by atoms with van der Waals surface area (Å²) in [5, 5.41) is 3.26. The molecule has 1 saturated heterocycles. The number of halogens is 1. The fourth-order valence-corrected chi connectivity index (χ4v) is 3.19. The highest BCUT2D eigenvalue weighted by Crippen LogP contribution is 2.19. The fraction of sp³-hybridized carbons (Fsp3) is 0.286. The molecule has 158 valence electrons. The molecule has 1 fully saturated rings. The van der Waals surface area contributed by atoms with Crippen molar-refractivity contribution in [3.63, 3.8) is 0 Å². The maximum absolute atomic E-state index is 12.4. The zero-order valence-corrected chi connectivity index (χ0v) is 17.1. The van der Waals surface area contributed by atoms with Crippen molar-refractivity contribution in [1.29, 1.82) is 0 Å². The largest absolute Gasteiger partial charge is 0.484 e. The zero-order chi connectivity index (χ0) is 21.5. The van der Waals surface area contributed by atoms with E-state index in [4.69, 9.17) is 22.1 Å². The number of nitrogens with zero attached hydrogens (tertiary/aromatic N) is 2. The van der Waals surface area contributed by atoms with Crippen LogP contribution in [0, 0.1) is 0 Å². The van der Waals surface area contributed by atoms with E-state index >= 15 is 0 Å². The van der Waals surface area contributed by atoms with Crippen LogP contribution in [0.25, 0.3) is 0 Å². The van der Waals surface area contributed by atoms with Crippen LogP contribution >= 0.6 is 11.6 Å². The normalized spacial score (nSPS) is 13.6. The molecule has 0 aromatic heterocycles. The number of hydrogen-bond acceptors (Lipinski definition) is 5. The van der Waals surface area contributed by atoms with E-state index in [1.165, 1.54) is 12.1 Å². The molecular weight excluding hydrogens is 408 g/mol. The first kappa shape index (κ1) is 21.4. The number of piperazine rings is 1. The van der Waals surface area contributed by atoms with Gasteiger partial charge in [-0.2, -0.15) is 0 Å². The minimum absolute atomic E-state index is 0.0796. The summed E-state index contributed by atoms with van der Waals surface area (Å²) in [6, 6.07) is 13.8. The van der Waals surface area contributed by atoms with Gasteiger partial charge in [0.05, 0.1) is 6.54 Å². The van der Waals surface area contributed by atoms with Crippen LogP contribution in [0.5, 0.6) is 5.75 Å². The third kappa shape index (κ3) is 5.87. The number of carbonyl (C=O) groups excluding carboxylic acids is 3. The lowest BCUT2D eigenvalue weighted by Crippen LogP contribution is -2.51. The molecule has 8 nitrogen and oxygen atoms in total. The second-order valence-corrected chi connectivity index (χ2v) is 7.23. The van der Waals surface area contributed by atoms with Gasteiger partial charge in [0, 0.05) is 42.5 Å². The van der Waals surface area contributed by atoms with E-state index in [1.807, 2.05) is 24.3 Å². The van der Waals surface area contributed by atoms with Gasteiger partial charge in [0.1, 0.15) is 5.75 Å². The SMILES string of the molecule is NC(=O)c1ccc(OCC(=O)NCC(=O)N2CCN(c3ccc(Cl)cc3)CC2)cc1. The highest BCUT2D eigenvalue weighted by molar-refractivity contribution is 6.30. The van der Waals surface area contributed by atoms with Crippen molar-refractivity contribution in [3.8, 4) is 5.75 Å². The summed E-state index contributed by atoms with van der Waals surface area (Å²) in [5.74, 6) is -0.640. The highest BCUT2D eigenvalue weighted by Gasteiger charge is 2.21. The second kappa shape index (κ2) is 9.98. The Morgan fingerprint density at radius 1 is 0.967 bits per heavy atom. The number of hydrogen-bond donors (Lipinski definition) is 2. The molecule has 1 heterocycles. The van der Waals surface area contributed by atoms with E-state index in [9.17, 15) is 14.4 Å². The summed E-state index contributed by atoms with van der Waals surface area (Å²) in [7, 11) is 0. The summed E-state index contributed by atoms with van der Waals surface area (Å²) >= 11 is 5.92. The number of ether oxygens (including phenoxy) is 1. The lowest BCUT2D eigenvalue weighted by atomic mass is 10.2. The monoisotopic (exact) mass is 430 g/mol. The van der Waals surface area contributed by atoms with Gasteiger partial charge >= 0.3 is 0 Å². The lowest BCUT2D eigenvalue weighted by Gasteiger charge is -2.36. The van der Waals surface area contributed by atoms with Crippen LogP contribution in [0.3, 0.4) is 0 Å². The molecule has 0 atom stereocenters. The van der Waals surface area contributed by atoms with Crippen molar-refractivity contribution in [2.75, 3.05) is 44.2 Å². The van der Waals surface area contributed by atoms with Crippen molar-refractivity contribution in [2.24, 2.45) is 5.73 Å². The van der Waals surface area contributed by atoms with Gasteiger partial charge in [0.25, 0.3) is 5.91 Å². The van der Waals surface area contributed by atoms with Gasteiger partial charge in [-0.15, -0.1) is 0 Å². The number of anilines is 1. The first-order valence-corrected chi connectivity index (χ1v) is 9.88. The standard InChI is InChI=1S/C21H23ClN4O4/c22-16-3-5-17(6-4-16)25-9-11-26(12-10-25)20(28)13-24-19(27)14-30-18-7-1-15(2-8-18)21(23)29/h1-8H,9-14H2,(H2,23,29)(H,24,27). The molecule has 3 rings (SSSR count). The Morgan fingerprint density at radius 3 is 2.20 bits per heavy atom. The van der Waals surface area contributed by atoms with Gasteiger partial charge in [0.2, 0.25) is 11.8 Å². The van der Waals surface area contributed by atoms with Crippen molar-refractivity contribution in [1.82, 2.24) is 10.2 Å². The molecule has 2 aromatic rings. The highest BCUT2D eigenvalue weighted by atomic mass is 35.5. The molecule has 0 aliphatic carbocycles. The topological polar surface area (TPSA) is 105 Å². The molecule has 0 saturated carbocycles. The molecule has 2 aromatic carbocycles. The second-order valence-electron chi connectivity index (χ2n) is 6.80. The van der Waals surface area contributed by atoms with Crippen LogP contribution in [0.4, 0.5) is 5.69 Å². The van der Waals surface area contributed by atoms with Gasteiger partial charge in [-0.25, -0.2) is 0 Å². The van der Waals surface area contributed by atoms with Crippen LogP contribution in [0.2, 0.25) is 5.02 Å². The molecule has 0 bridgehead atoms. The zero-order valence-electron chi connectivity index (χ0n) is 16.3. The molecular formula is C21H23ClN4O4. The van der Waals surface area contributed by atoms with Crippen LogP contribution in [-0.2, 0) is 9.59 Å². The van der Waals surface area contributed by atoms with Gasteiger partial charge in [-0.3, -0.25) is 14.4 Å². The fourth-order valence-electron chi connectivity index (χ4n) is 3.07. The number of amides is 3. The van der Waals surface area contributed by atoms with Crippen molar-refractivity contribution >= 4 is 35.0 Å². The minimum Gasteiger partial charge on any atom is -0.484 e. The quantitative estimate of drug-likeness (QED) is 0.688. The van der Waals surface area contributed by atoms with E-state index in [0.29, 0.717) is 42.5 Å². The molecule has 0 spiro atoms. The van der Waals surface area contributed by atoms with Gasteiger partial charge in [-0.05, 0) is 48.5 Å². The molecule has 0 radical (unpaired) electrons. The summed E-state index contributed by atoms with van der Waals surface area (Å²) in [6.45, 7) is 2.29. The Bertz CT molecular complexity index is 894. The Labute approximate surface area is 179 Å². The van der Waals surface area contributed by atoms with Crippen molar-refractivity contribution < 1.29 is 19.1 Å². The Hall–Kier alpha value is -3.26. The summed E-state index contributed by atoms with van der Waals surface area (Å²) < 4.78 is 5.35. The molecule has 3 N–H and O–H groups in total. The van der Waals surface area contributed by atoms with Gasteiger partial charge < -0.3 is 25.6 Å². The van der Waals surface area contributed by atoms with E-state index < -0.39 is 11.8 Å². The predicted molar refractivity (Wildman–Crippen MR) is 114 cm³/mol. The third-order valence-electron chi connectivity index (χ3n) is 4.77. The maximum Gasteiger partial charge on any atom is 0.258 e. The van der Waals surface area contributed by atoms with Gasteiger partial charge in [0.15, 0.2) is 6.61 Å². The molecule has 9 heteroatoms. The van der Waals surface area contributed by atoms with Crippen molar-refractivity contribution in [3.05, 3.63) is 59.1 Å². The minimum atomic E-state index is -0.535. The summed E-state index contributed by atoms with van der Waals surface area (Å²) in [6.07, 6.45) is 0. The van der Waals surface area contributed by atoms with Crippen LogP contribution < -0.4 is 20.7 Å². The number of rotatable bonds is 7. The number of nitrogens with one attached hydrogen (secondary N) is 1. The average Bonchev–Trinajstić information content (AvgIpc) is 2.77. The number of nitrogens with two attached hydrogens (primary N) is 1. The summed E-state index contributed by atoms with van der Waals surface area (Å²) in [5.41, 5.74) is 6.60. The first-order chi connectivity index (χ1) is 14.4. The third-order valence-corrected chi connectivity index (χ3v) is 5.02. The first-order valence-electron chi connectivity index (χ1n) is 9.50. The van der Waals surface area contributed by atoms with Crippen LogP contribution in [0.15, 0.2) is 48.5 Å². The average molecular weight is 431 g/mol. The maximum atomic E-state index is 12.4. The van der Waals surface area contributed by atoms with E-state index in [0.717, 1.165) is 5.69 Å². The molecule has 0 unspecified atom stereocenters. The van der Waals surface area contributed by atoms with Crippen molar-refractivity contribution in [2.45, 2.75) is 0 Å². The lowest BCUT2D eigenvalue weighted by molar-refractivity contribution is -0.133. The summed E-state index contributed by atoms with van der Waals surface area (Å²) in [4.78, 5) is 39.3. The smallest absolute Gasteiger partial charge is 0.258 e. The molecule has 1 aliphatic heterocycles. The Morgan fingerprint density at radius 2 is 1.60 bits per heavy atom. The van der Waals surface area contributed by atoms with Gasteiger partial charge in [-0.1, -0.05) is 11.6 Å². The van der Waals surface area contributed by atoms with E-state index in [2.05, 4.69) is 10.2 Å². The van der Waals surface area contributed by atoms with Crippen LogP contribution in [0.1, 0.15) is 10.4 Å². The number of benzene rings is 2. The van der Waals surface area contributed by atoms with E-state index in [1.54, 1.807) is 17.0 Å². The molecule has 3 amide bonds. The Kier molecular flexibility index (Phi) is 7.13. The molecule has 30 heavy (non-hydrogen) atoms. The molecule has 1 aliphatic rings. The van der Waals surface area contributed by atoms with E-state index in [-0.39, 0.29) is 19.1 Å². The van der Waals surface area contributed by atoms with Crippen LogP contribution in [-0.4, -0.2) is 62.0 Å². The Balaban J connectivity index is 1.37. The predicted octanol–water partition coefficient (Wildman–Crippen LogP) is 1.28. The number of primary amides is 1.